The van der Waals surface area contributed by atoms with E-state index < -0.39 is 23.0 Å². The second kappa shape index (κ2) is 5.41. The number of benzene rings is 2. The molecule has 0 amide bonds. The van der Waals surface area contributed by atoms with Crippen LogP contribution < -0.4 is 0 Å². The van der Waals surface area contributed by atoms with Gasteiger partial charge in [0.1, 0.15) is 11.6 Å². The number of carboxylic acid groups (broad SMARTS) is 1. The fourth-order valence-electron chi connectivity index (χ4n) is 2.16. The van der Waals surface area contributed by atoms with Crippen LogP contribution >= 0.6 is 0 Å². The van der Waals surface area contributed by atoms with Crippen molar-refractivity contribution >= 4 is 5.97 Å². The van der Waals surface area contributed by atoms with Crippen LogP contribution in [0.5, 0.6) is 0 Å². The highest BCUT2D eigenvalue weighted by Crippen LogP contribution is 2.30. The Hall–Kier alpha value is -2.23. The molecule has 0 aliphatic carbocycles. The Labute approximate surface area is 115 Å². The summed E-state index contributed by atoms with van der Waals surface area (Å²) in [6.07, 6.45) is -0.0432. The first kappa shape index (κ1) is 14.2. The smallest absolute Gasteiger partial charge is 0.314 e. The summed E-state index contributed by atoms with van der Waals surface area (Å²) >= 11 is 0. The maximum Gasteiger partial charge on any atom is 0.314 e. The molecule has 1 N–H and O–H groups in total. The topological polar surface area (TPSA) is 37.3 Å². The van der Waals surface area contributed by atoms with Crippen molar-refractivity contribution in [3.8, 4) is 0 Å². The van der Waals surface area contributed by atoms with Gasteiger partial charge < -0.3 is 5.11 Å². The first-order valence-corrected chi connectivity index (χ1v) is 6.16. The molecule has 0 saturated carbocycles. The van der Waals surface area contributed by atoms with Crippen LogP contribution in [0.1, 0.15) is 18.1 Å². The van der Waals surface area contributed by atoms with Gasteiger partial charge in [0.15, 0.2) is 0 Å². The molecule has 1 unspecified atom stereocenters. The molecular formula is C16H14F2O2. The van der Waals surface area contributed by atoms with Gasteiger partial charge in [-0.05, 0) is 42.7 Å². The molecule has 2 aromatic rings. The maximum absolute atomic E-state index is 13.7. The molecular weight excluding hydrogens is 262 g/mol. The van der Waals surface area contributed by atoms with Gasteiger partial charge in [-0.3, -0.25) is 4.79 Å². The maximum atomic E-state index is 13.7. The van der Waals surface area contributed by atoms with Gasteiger partial charge in [0.05, 0.1) is 5.41 Å². The molecule has 0 spiro atoms. The molecule has 2 nitrogen and oxygen atoms in total. The predicted molar refractivity (Wildman–Crippen MR) is 71.5 cm³/mol. The van der Waals surface area contributed by atoms with Crippen molar-refractivity contribution in [3.05, 3.63) is 71.3 Å². The molecule has 0 fully saturated rings. The van der Waals surface area contributed by atoms with Gasteiger partial charge in [-0.1, -0.05) is 30.3 Å². The summed E-state index contributed by atoms with van der Waals surface area (Å²) in [5, 5.41) is 9.48. The van der Waals surface area contributed by atoms with E-state index in [-0.39, 0.29) is 6.42 Å². The van der Waals surface area contributed by atoms with E-state index in [1.165, 1.54) is 43.3 Å². The van der Waals surface area contributed by atoms with E-state index in [2.05, 4.69) is 0 Å². The third-order valence-electron chi connectivity index (χ3n) is 3.44. The molecule has 0 radical (unpaired) electrons. The third-order valence-corrected chi connectivity index (χ3v) is 3.44. The van der Waals surface area contributed by atoms with Gasteiger partial charge in [0.2, 0.25) is 0 Å². The van der Waals surface area contributed by atoms with Crippen molar-refractivity contribution in [3.63, 3.8) is 0 Å². The predicted octanol–water partition coefficient (Wildman–Crippen LogP) is 3.55. The van der Waals surface area contributed by atoms with E-state index >= 15 is 0 Å². The minimum atomic E-state index is -1.38. The van der Waals surface area contributed by atoms with Crippen LogP contribution in [-0.2, 0) is 16.6 Å². The Morgan fingerprint density at radius 1 is 1.15 bits per heavy atom. The van der Waals surface area contributed by atoms with E-state index in [1.54, 1.807) is 12.1 Å². The average Bonchev–Trinajstić information content (AvgIpc) is 2.41. The monoisotopic (exact) mass is 276 g/mol. The zero-order valence-corrected chi connectivity index (χ0v) is 10.9. The van der Waals surface area contributed by atoms with Crippen molar-refractivity contribution in [2.24, 2.45) is 0 Å². The highest BCUT2D eigenvalue weighted by atomic mass is 19.1. The number of carboxylic acids is 1. The van der Waals surface area contributed by atoms with Crippen LogP contribution in [0.15, 0.2) is 48.5 Å². The number of rotatable bonds is 4. The van der Waals surface area contributed by atoms with Crippen molar-refractivity contribution in [2.75, 3.05) is 0 Å². The van der Waals surface area contributed by atoms with Crippen LogP contribution in [0.3, 0.4) is 0 Å². The van der Waals surface area contributed by atoms with Gasteiger partial charge in [-0.25, -0.2) is 8.78 Å². The number of aliphatic carboxylic acids is 1. The van der Waals surface area contributed by atoms with Gasteiger partial charge in [0, 0.05) is 0 Å². The van der Waals surface area contributed by atoms with Gasteiger partial charge >= 0.3 is 5.97 Å². The lowest BCUT2D eigenvalue weighted by Crippen LogP contribution is -2.35. The number of halogens is 2. The summed E-state index contributed by atoms with van der Waals surface area (Å²) in [6.45, 7) is 1.47. The van der Waals surface area contributed by atoms with Gasteiger partial charge in [-0.2, -0.15) is 0 Å². The Bertz CT molecular complexity index is 640. The Kier molecular flexibility index (Phi) is 3.84. The lowest BCUT2D eigenvalue weighted by molar-refractivity contribution is -0.143. The summed E-state index contributed by atoms with van der Waals surface area (Å²) in [5.74, 6) is -2.09. The molecule has 0 bridgehead atoms. The fourth-order valence-corrected chi connectivity index (χ4v) is 2.16. The van der Waals surface area contributed by atoms with E-state index in [4.69, 9.17) is 0 Å². The molecule has 0 aromatic heterocycles. The summed E-state index contributed by atoms with van der Waals surface area (Å²) in [4.78, 5) is 11.6. The van der Waals surface area contributed by atoms with E-state index in [9.17, 15) is 18.7 Å². The van der Waals surface area contributed by atoms with Crippen molar-refractivity contribution in [1.82, 2.24) is 0 Å². The van der Waals surface area contributed by atoms with Crippen LogP contribution in [0.25, 0.3) is 0 Å². The zero-order valence-electron chi connectivity index (χ0n) is 10.9. The largest absolute Gasteiger partial charge is 0.481 e. The van der Waals surface area contributed by atoms with Crippen LogP contribution in [-0.4, -0.2) is 11.1 Å². The van der Waals surface area contributed by atoms with E-state index in [1.807, 2.05) is 0 Å². The molecule has 2 rings (SSSR count). The lowest BCUT2D eigenvalue weighted by atomic mass is 9.77. The Morgan fingerprint density at radius 2 is 1.85 bits per heavy atom. The summed E-state index contributed by atoms with van der Waals surface area (Å²) < 4.78 is 27.0. The van der Waals surface area contributed by atoms with E-state index in [0.717, 1.165) is 0 Å². The van der Waals surface area contributed by atoms with Gasteiger partial charge in [-0.15, -0.1) is 0 Å². The molecule has 0 heterocycles. The minimum Gasteiger partial charge on any atom is -0.481 e. The van der Waals surface area contributed by atoms with Crippen LogP contribution in [0.2, 0.25) is 0 Å². The van der Waals surface area contributed by atoms with Crippen LogP contribution in [0, 0.1) is 11.6 Å². The first-order valence-electron chi connectivity index (χ1n) is 6.16. The molecule has 104 valence electrons. The summed E-state index contributed by atoms with van der Waals surface area (Å²) in [5.41, 5.74) is -0.778. The minimum absolute atomic E-state index is 0.0432. The molecule has 0 aliphatic rings. The first-order chi connectivity index (χ1) is 9.43. The second-order valence-electron chi connectivity index (χ2n) is 4.92. The van der Waals surface area contributed by atoms with Crippen molar-refractivity contribution < 1.29 is 18.7 Å². The van der Waals surface area contributed by atoms with Crippen molar-refractivity contribution in [2.45, 2.75) is 18.8 Å². The molecule has 0 saturated heterocycles. The van der Waals surface area contributed by atoms with E-state index in [0.29, 0.717) is 11.1 Å². The molecule has 20 heavy (non-hydrogen) atoms. The fraction of sp³-hybridized carbons (Fsp3) is 0.188. The zero-order chi connectivity index (χ0) is 14.8. The highest BCUT2D eigenvalue weighted by Gasteiger charge is 2.36. The lowest BCUT2D eigenvalue weighted by Gasteiger charge is -2.25. The quantitative estimate of drug-likeness (QED) is 0.927. The summed E-state index contributed by atoms with van der Waals surface area (Å²) in [6, 6.07) is 11.4. The van der Waals surface area contributed by atoms with Crippen molar-refractivity contribution in [1.29, 1.82) is 0 Å². The molecule has 2 aromatic carbocycles. The second-order valence-corrected chi connectivity index (χ2v) is 4.92. The average molecular weight is 276 g/mol. The number of hydrogen-bond acceptors (Lipinski definition) is 1. The standard InChI is InChI=1S/C16H14F2O2/c1-16(15(19)20,12-6-4-7-13(17)9-12)10-11-5-2-3-8-14(11)18/h2-9H,10H2,1H3,(H,19,20). The third kappa shape index (κ3) is 2.69. The number of carbonyl (C=O) groups is 1. The SMILES string of the molecule is CC(Cc1ccccc1F)(C(=O)O)c1cccc(F)c1. The summed E-state index contributed by atoms with van der Waals surface area (Å²) in [7, 11) is 0. The normalized spacial score (nSPS) is 13.8. The molecule has 0 aliphatic heterocycles. The highest BCUT2D eigenvalue weighted by molar-refractivity contribution is 5.81. The molecule has 4 heteroatoms. The molecule has 1 atom stereocenters. The number of hydrogen-bond donors (Lipinski definition) is 1. The van der Waals surface area contributed by atoms with Crippen LogP contribution in [0.4, 0.5) is 8.78 Å². The Balaban J connectivity index is 2.46. The Morgan fingerprint density at radius 3 is 2.45 bits per heavy atom. The van der Waals surface area contributed by atoms with Gasteiger partial charge in [0.25, 0.3) is 0 Å².